The molecule has 4 amide bonds. The van der Waals surface area contributed by atoms with Gasteiger partial charge in [0.25, 0.3) is 11.8 Å². The normalized spacial score (nSPS) is 14.4. The third-order valence-corrected chi connectivity index (χ3v) is 4.36. The number of benzene rings is 1. The Hall–Kier alpha value is -2.70. The molecule has 140 valence electrons. The maximum Gasteiger partial charge on any atom is 0.264 e. The zero-order valence-electron chi connectivity index (χ0n) is 15.4. The van der Waals surface area contributed by atoms with E-state index in [1.807, 2.05) is 6.92 Å². The number of hydrogen-bond donors (Lipinski definition) is 2. The number of rotatable bonds is 9. The number of amides is 4. The van der Waals surface area contributed by atoms with Gasteiger partial charge in [-0.3, -0.25) is 29.4 Å². The predicted molar refractivity (Wildman–Crippen MR) is 97.8 cm³/mol. The molecule has 1 aromatic rings. The lowest BCUT2D eigenvalue weighted by Gasteiger charge is -2.24. The van der Waals surface area contributed by atoms with E-state index in [-0.39, 0.29) is 12.0 Å². The molecular formula is C19H25N3O4. The van der Waals surface area contributed by atoms with Gasteiger partial charge in [-0.05, 0) is 30.9 Å². The van der Waals surface area contributed by atoms with Crippen molar-refractivity contribution in [2.24, 2.45) is 5.92 Å². The Morgan fingerprint density at radius 3 is 2.54 bits per heavy atom. The van der Waals surface area contributed by atoms with Crippen LogP contribution in [-0.4, -0.2) is 41.6 Å². The highest BCUT2D eigenvalue weighted by Gasteiger charge is 2.43. The van der Waals surface area contributed by atoms with E-state index in [1.54, 1.807) is 18.2 Å². The Morgan fingerprint density at radius 2 is 1.92 bits per heavy atom. The Labute approximate surface area is 153 Å². The molecule has 0 aromatic heterocycles. The van der Waals surface area contributed by atoms with Crippen LogP contribution in [0.3, 0.4) is 0 Å². The molecule has 1 aliphatic heterocycles. The van der Waals surface area contributed by atoms with Crippen LogP contribution in [0.4, 0.5) is 5.69 Å². The molecule has 0 radical (unpaired) electrons. The lowest BCUT2D eigenvalue weighted by atomic mass is 10.1. The van der Waals surface area contributed by atoms with Crippen LogP contribution in [0.25, 0.3) is 0 Å². The minimum absolute atomic E-state index is 0.266. The largest absolute Gasteiger partial charge is 0.384 e. The molecule has 0 saturated carbocycles. The molecule has 1 unspecified atom stereocenters. The fourth-order valence-corrected chi connectivity index (χ4v) is 3.03. The highest BCUT2D eigenvalue weighted by molar-refractivity contribution is 6.25. The van der Waals surface area contributed by atoms with Gasteiger partial charge in [0.1, 0.15) is 6.04 Å². The fourth-order valence-electron chi connectivity index (χ4n) is 3.03. The van der Waals surface area contributed by atoms with E-state index in [1.165, 1.54) is 0 Å². The van der Waals surface area contributed by atoms with E-state index in [9.17, 15) is 19.2 Å². The van der Waals surface area contributed by atoms with E-state index in [2.05, 4.69) is 24.5 Å². The molecule has 1 aromatic carbocycles. The van der Waals surface area contributed by atoms with Crippen LogP contribution < -0.4 is 10.6 Å². The minimum atomic E-state index is -0.999. The number of carbonyl (C=O) groups excluding carboxylic acids is 4. The van der Waals surface area contributed by atoms with Crippen molar-refractivity contribution >= 4 is 29.8 Å². The highest BCUT2D eigenvalue weighted by Crippen LogP contribution is 2.31. The van der Waals surface area contributed by atoms with Gasteiger partial charge in [-0.25, -0.2) is 0 Å². The van der Waals surface area contributed by atoms with E-state index < -0.39 is 23.8 Å². The molecule has 0 fully saturated rings. The number of anilines is 1. The molecule has 7 nitrogen and oxygen atoms in total. The second-order valence-corrected chi connectivity index (χ2v) is 6.75. The first-order valence-electron chi connectivity index (χ1n) is 8.91. The summed E-state index contributed by atoms with van der Waals surface area (Å²) < 4.78 is 0. The molecule has 1 atom stereocenters. The summed E-state index contributed by atoms with van der Waals surface area (Å²) in [5.74, 6) is -1.14. The first-order chi connectivity index (χ1) is 12.4. The van der Waals surface area contributed by atoms with E-state index >= 15 is 0 Å². The molecule has 0 aliphatic carbocycles. The van der Waals surface area contributed by atoms with Crippen molar-refractivity contribution in [2.45, 2.75) is 46.1 Å². The van der Waals surface area contributed by atoms with Crippen LogP contribution in [0.1, 0.15) is 60.7 Å². The van der Waals surface area contributed by atoms with Crippen LogP contribution in [0.15, 0.2) is 18.2 Å². The van der Waals surface area contributed by atoms with Gasteiger partial charge in [0.05, 0.1) is 11.1 Å². The van der Waals surface area contributed by atoms with Crippen LogP contribution in [0, 0.1) is 5.92 Å². The molecule has 2 N–H and O–H groups in total. The van der Waals surface area contributed by atoms with Crippen molar-refractivity contribution in [1.82, 2.24) is 10.2 Å². The summed E-state index contributed by atoms with van der Waals surface area (Å²) in [6.45, 7) is 6.74. The average Bonchev–Trinajstić information content (AvgIpc) is 2.85. The molecule has 26 heavy (non-hydrogen) atoms. The summed E-state index contributed by atoms with van der Waals surface area (Å²) in [6, 6.07) is 4.06. The smallest absolute Gasteiger partial charge is 0.264 e. The number of carbonyl (C=O) groups is 4. The second-order valence-electron chi connectivity index (χ2n) is 6.75. The summed E-state index contributed by atoms with van der Waals surface area (Å²) in [5, 5.41) is 5.27. The predicted octanol–water partition coefficient (Wildman–Crippen LogP) is 2.18. The van der Waals surface area contributed by atoms with Gasteiger partial charge in [-0.1, -0.05) is 33.3 Å². The SMILES string of the molecule is CCCC(C(=O)NC=O)N1C(=O)c2cccc(NCCC(C)C)c2C1=O. The van der Waals surface area contributed by atoms with Crippen molar-refractivity contribution in [2.75, 3.05) is 11.9 Å². The van der Waals surface area contributed by atoms with Gasteiger partial charge in [-0.2, -0.15) is 0 Å². The van der Waals surface area contributed by atoms with E-state index in [4.69, 9.17) is 0 Å². The van der Waals surface area contributed by atoms with E-state index in [0.717, 1.165) is 11.3 Å². The summed E-state index contributed by atoms with van der Waals surface area (Å²) in [6.07, 6.45) is 2.07. The molecule has 2 rings (SSSR count). The lowest BCUT2D eigenvalue weighted by Crippen LogP contribution is -2.49. The number of nitrogens with one attached hydrogen (secondary N) is 2. The summed E-state index contributed by atoms with van der Waals surface area (Å²) in [4.78, 5) is 49.5. The Morgan fingerprint density at radius 1 is 1.19 bits per heavy atom. The highest BCUT2D eigenvalue weighted by atomic mass is 16.2. The Kier molecular flexibility index (Phi) is 6.49. The van der Waals surface area contributed by atoms with Crippen molar-refractivity contribution in [3.8, 4) is 0 Å². The van der Waals surface area contributed by atoms with Crippen LogP contribution in [0.5, 0.6) is 0 Å². The van der Waals surface area contributed by atoms with Gasteiger partial charge >= 0.3 is 0 Å². The van der Waals surface area contributed by atoms with Crippen molar-refractivity contribution in [1.29, 1.82) is 0 Å². The van der Waals surface area contributed by atoms with Gasteiger partial charge in [-0.15, -0.1) is 0 Å². The Balaban J connectivity index is 2.33. The van der Waals surface area contributed by atoms with Crippen molar-refractivity contribution < 1.29 is 19.2 Å². The monoisotopic (exact) mass is 359 g/mol. The number of fused-ring (bicyclic) bond motifs is 1. The number of hydrogen-bond acceptors (Lipinski definition) is 5. The Bertz CT molecular complexity index is 715. The number of nitrogens with zero attached hydrogens (tertiary/aromatic N) is 1. The first-order valence-corrected chi connectivity index (χ1v) is 8.91. The third kappa shape index (κ3) is 3.92. The topological polar surface area (TPSA) is 95.6 Å². The molecule has 0 saturated heterocycles. The van der Waals surface area contributed by atoms with Gasteiger partial charge < -0.3 is 5.32 Å². The molecular weight excluding hydrogens is 334 g/mol. The van der Waals surface area contributed by atoms with Crippen LogP contribution in [-0.2, 0) is 9.59 Å². The molecule has 1 heterocycles. The standard InChI is InChI=1S/C19H25N3O4/c1-4-6-15(17(24)21-11-23)22-18(25)13-7-5-8-14(16(13)19(22)26)20-10-9-12(2)3/h5,7-8,11-12,15,20H,4,6,9-10H2,1-3H3,(H,21,23,24). The summed E-state index contributed by atoms with van der Waals surface area (Å²) >= 11 is 0. The quantitative estimate of drug-likeness (QED) is 0.520. The molecule has 0 spiro atoms. The average molecular weight is 359 g/mol. The van der Waals surface area contributed by atoms with E-state index in [0.29, 0.717) is 36.6 Å². The molecule has 0 bridgehead atoms. The van der Waals surface area contributed by atoms with Gasteiger partial charge in [0, 0.05) is 12.2 Å². The fraction of sp³-hybridized carbons (Fsp3) is 0.474. The minimum Gasteiger partial charge on any atom is -0.384 e. The van der Waals surface area contributed by atoms with Crippen LogP contribution >= 0.6 is 0 Å². The summed E-state index contributed by atoms with van der Waals surface area (Å²) in [7, 11) is 0. The lowest BCUT2D eigenvalue weighted by molar-refractivity contribution is -0.128. The second kappa shape index (κ2) is 8.60. The van der Waals surface area contributed by atoms with Gasteiger partial charge in [0.2, 0.25) is 12.3 Å². The van der Waals surface area contributed by atoms with Crippen LogP contribution in [0.2, 0.25) is 0 Å². The zero-order valence-corrected chi connectivity index (χ0v) is 15.4. The molecule has 7 heteroatoms. The van der Waals surface area contributed by atoms with Gasteiger partial charge in [0.15, 0.2) is 0 Å². The zero-order chi connectivity index (χ0) is 19.3. The third-order valence-electron chi connectivity index (χ3n) is 4.36. The first kappa shape index (κ1) is 19.6. The summed E-state index contributed by atoms with van der Waals surface area (Å²) in [5.41, 5.74) is 1.17. The maximum atomic E-state index is 12.9. The number of imide groups is 2. The maximum absolute atomic E-state index is 12.9. The molecule has 1 aliphatic rings. The van der Waals surface area contributed by atoms with Crippen molar-refractivity contribution in [3.63, 3.8) is 0 Å². The van der Waals surface area contributed by atoms with Crippen molar-refractivity contribution in [3.05, 3.63) is 29.3 Å².